The fourth-order valence-electron chi connectivity index (χ4n) is 1.66. The molecule has 0 fully saturated rings. The minimum atomic E-state index is 0.897. The molecule has 0 aliphatic carbocycles. The van der Waals surface area contributed by atoms with Crippen molar-refractivity contribution in [3.63, 3.8) is 0 Å². The number of aromatic nitrogens is 2. The lowest BCUT2D eigenvalue weighted by Gasteiger charge is -2.22. The fraction of sp³-hybridized carbons (Fsp3) is 0.833. The maximum Gasteiger partial charge on any atom is 0.205 e. The molecule has 18 heavy (non-hydrogen) atoms. The Kier molecular flexibility index (Phi) is 7.15. The minimum Gasteiger partial charge on any atom is -0.360 e. The molecule has 0 bridgehead atoms. The van der Waals surface area contributed by atoms with Crippen molar-refractivity contribution in [2.24, 2.45) is 0 Å². The first-order valence-corrected chi connectivity index (χ1v) is 7.40. The number of nitrogens with zero attached hydrogens (tertiary/aromatic N) is 4. The molecule has 0 radical (unpaired) electrons. The first kappa shape index (κ1) is 15.3. The molecule has 0 saturated carbocycles. The molecule has 0 amide bonds. The van der Waals surface area contributed by atoms with E-state index in [-0.39, 0.29) is 0 Å². The summed E-state index contributed by atoms with van der Waals surface area (Å²) in [6.07, 6.45) is 1.17. The van der Waals surface area contributed by atoms with Crippen molar-refractivity contribution in [3.05, 3.63) is 5.01 Å². The normalized spacial score (nSPS) is 11.4. The Hall–Kier alpha value is -0.720. The van der Waals surface area contributed by atoms with Gasteiger partial charge in [-0.1, -0.05) is 18.3 Å². The van der Waals surface area contributed by atoms with Crippen molar-refractivity contribution >= 4 is 16.5 Å². The SMILES string of the molecule is CCCN(CCN(C)C)Cc1nnc(NCC)s1. The van der Waals surface area contributed by atoms with E-state index in [0.717, 1.165) is 42.9 Å². The van der Waals surface area contributed by atoms with E-state index in [1.54, 1.807) is 11.3 Å². The molecule has 1 N–H and O–H groups in total. The van der Waals surface area contributed by atoms with Gasteiger partial charge in [-0.15, -0.1) is 10.2 Å². The van der Waals surface area contributed by atoms with Gasteiger partial charge in [-0.25, -0.2) is 0 Å². The predicted octanol–water partition coefficient (Wildman–Crippen LogP) is 1.74. The highest BCUT2D eigenvalue weighted by Crippen LogP contribution is 2.16. The van der Waals surface area contributed by atoms with E-state index >= 15 is 0 Å². The Balaban J connectivity index is 2.47. The standard InChI is InChI=1S/C12H25N5S/c1-5-7-17(9-8-16(3)4)10-11-14-15-12(18-11)13-6-2/h5-10H2,1-4H3,(H,13,15). The van der Waals surface area contributed by atoms with Crippen molar-refractivity contribution in [1.29, 1.82) is 0 Å². The van der Waals surface area contributed by atoms with Gasteiger partial charge in [0.05, 0.1) is 6.54 Å². The molecule has 6 heteroatoms. The van der Waals surface area contributed by atoms with E-state index < -0.39 is 0 Å². The van der Waals surface area contributed by atoms with Crippen molar-refractivity contribution < 1.29 is 0 Å². The number of rotatable bonds is 9. The summed E-state index contributed by atoms with van der Waals surface area (Å²) in [5.41, 5.74) is 0. The van der Waals surface area contributed by atoms with Gasteiger partial charge < -0.3 is 10.2 Å². The Bertz CT molecular complexity index is 326. The molecule has 1 heterocycles. The van der Waals surface area contributed by atoms with Crippen LogP contribution in [0.3, 0.4) is 0 Å². The van der Waals surface area contributed by atoms with E-state index in [0.29, 0.717) is 0 Å². The van der Waals surface area contributed by atoms with Crippen molar-refractivity contribution in [1.82, 2.24) is 20.0 Å². The fourth-order valence-corrected chi connectivity index (χ4v) is 2.51. The van der Waals surface area contributed by atoms with Gasteiger partial charge in [0.1, 0.15) is 5.01 Å². The van der Waals surface area contributed by atoms with Crippen LogP contribution < -0.4 is 5.32 Å². The summed E-state index contributed by atoms with van der Waals surface area (Å²) in [6.45, 7) is 9.37. The Morgan fingerprint density at radius 1 is 1.11 bits per heavy atom. The van der Waals surface area contributed by atoms with Crippen LogP contribution in [0.1, 0.15) is 25.3 Å². The molecule has 5 nitrogen and oxygen atoms in total. The molecule has 0 unspecified atom stereocenters. The van der Waals surface area contributed by atoms with Crippen molar-refractivity contribution in [2.45, 2.75) is 26.8 Å². The van der Waals surface area contributed by atoms with Gasteiger partial charge in [-0.05, 0) is 34.0 Å². The zero-order valence-corrected chi connectivity index (χ0v) is 12.8. The molecular weight excluding hydrogens is 246 g/mol. The molecule has 0 aliphatic rings. The van der Waals surface area contributed by atoms with E-state index in [1.807, 2.05) is 0 Å². The Morgan fingerprint density at radius 3 is 2.50 bits per heavy atom. The van der Waals surface area contributed by atoms with Crippen LogP contribution in [-0.4, -0.2) is 60.3 Å². The van der Waals surface area contributed by atoms with Crippen LogP contribution in [0.25, 0.3) is 0 Å². The lowest BCUT2D eigenvalue weighted by Crippen LogP contribution is -2.31. The lowest BCUT2D eigenvalue weighted by molar-refractivity contribution is 0.233. The number of anilines is 1. The predicted molar refractivity (Wildman–Crippen MR) is 78.2 cm³/mol. The quantitative estimate of drug-likeness (QED) is 0.741. The van der Waals surface area contributed by atoms with Gasteiger partial charge in [0, 0.05) is 19.6 Å². The van der Waals surface area contributed by atoms with Crippen LogP contribution in [0.5, 0.6) is 0 Å². The van der Waals surface area contributed by atoms with Crippen LogP contribution >= 0.6 is 11.3 Å². The summed E-state index contributed by atoms with van der Waals surface area (Å²) in [7, 11) is 4.22. The maximum absolute atomic E-state index is 4.23. The van der Waals surface area contributed by atoms with Crippen LogP contribution in [0, 0.1) is 0 Å². The van der Waals surface area contributed by atoms with Gasteiger partial charge in [-0.3, -0.25) is 4.90 Å². The topological polar surface area (TPSA) is 44.3 Å². The second-order valence-electron chi connectivity index (χ2n) is 4.61. The first-order valence-electron chi connectivity index (χ1n) is 6.59. The Morgan fingerprint density at radius 2 is 1.89 bits per heavy atom. The molecule has 1 aromatic heterocycles. The van der Waals surface area contributed by atoms with Crippen LogP contribution in [0.4, 0.5) is 5.13 Å². The maximum atomic E-state index is 4.23. The van der Waals surface area contributed by atoms with Crippen LogP contribution in [0.15, 0.2) is 0 Å². The van der Waals surface area contributed by atoms with E-state index in [4.69, 9.17) is 0 Å². The number of nitrogens with one attached hydrogen (secondary N) is 1. The number of hydrogen-bond acceptors (Lipinski definition) is 6. The van der Waals surface area contributed by atoms with Gasteiger partial charge >= 0.3 is 0 Å². The largest absolute Gasteiger partial charge is 0.360 e. The summed E-state index contributed by atoms with van der Waals surface area (Å²) < 4.78 is 0. The summed E-state index contributed by atoms with van der Waals surface area (Å²) in [4.78, 5) is 4.66. The third-order valence-corrected chi connectivity index (χ3v) is 3.42. The summed E-state index contributed by atoms with van der Waals surface area (Å²) in [6, 6.07) is 0. The van der Waals surface area contributed by atoms with E-state index in [9.17, 15) is 0 Å². The van der Waals surface area contributed by atoms with Gasteiger partial charge in [0.25, 0.3) is 0 Å². The van der Waals surface area contributed by atoms with Crippen molar-refractivity contribution in [3.8, 4) is 0 Å². The lowest BCUT2D eigenvalue weighted by atomic mass is 10.4. The van der Waals surface area contributed by atoms with Gasteiger partial charge in [0.15, 0.2) is 0 Å². The van der Waals surface area contributed by atoms with Gasteiger partial charge in [0.2, 0.25) is 5.13 Å². The Labute approximate surface area is 114 Å². The molecule has 0 spiro atoms. The van der Waals surface area contributed by atoms with Gasteiger partial charge in [-0.2, -0.15) is 0 Å². The highest BCUT2D eigenvalue weighted by molar-refractivity contribution is 7.15. The number of hydrogen-bond donors (Lipinski definition) is 1. The molecule has 1 aromatic rings. The minimum absolute atomic E-state index is 0.897. The average molecular weight is 271 g/mol. The summed E-state index contributed by atoms with van der Waals surface area (Å²) >= 11 is 1.66. The van der Waals surface area contributed by atoms with E-state index in [1.165, 1.54) is 6.42 Å². The highest BCUT2D eigenvalue weighted by atomic mass is 32.1. The molecule has 0 atom stereocenters. The third kappa shape index (κ3) is 5.75. The average Bonchev–Trinajstić information content (AvgIpc) is 2.74. The molecule has 1 rings (SSSR count). The second-order valence-corrected chi connectivity index (χ2v) is 5.67. The molecule has 104 valence electrons. The molecular formula is C12H25N5S. The summed E-state index contributed by atoms with van der Waals surface area (Å²) in [5, 5.41) is 13.6. The zero-order chi connectivity index (χ0) is 13.4. The smallest absolute Gasteiger partial charge is 0.205 e. The van der Waals surface area contributed by atoms with Crippen LogP contribution in [0.2, 0.25) is 0 Å². The third-order valence-electron chi connectivity index (χ3n) is 2.56. The van der Waals surface area contributed by atoms with Crippen molar-refractivity contribution in [2.75, 3.05) is 45.6 Å². The zero-order valence-electron chi connectivity index (χ0n) is 11.9. The van der Waals surface area contributed by atoms with E-state index in [2.05, 4.69) is 53.3 Å². The highest BCUT2D eigenvalue weighted by Gasteiger charge is 2.09. The monoisotopic (exact) mass is 271 g/mol. The molecule has 0 aliphatic heterocycles. The molecule has 0 saturated heterocycles. The first-order chi connectivity index (χ1) is 8.65. The second kappa shape index (κ2) is 8.39. The van der Waals surface area contributed by atoms with Crippen LogP contribution in [-0.2, 0) is 6.54 Å². The summed E-state index contributed by atoms with van der Waals surface area (Å²) in [5.74, 6) is 0. The molecule has 0 aromatic carbocycles. The number of likely N-dealkylation sites (N-methyl/N-ethyl adjacent to an activating group) is 1.